The van der Waals surface area contributed by atoms with E-state index in [4.69, 9.17) is 0 Å². The van der Waals surface area contributed by atoms with Crippen LogP contribution in [0, 0.1) is 5.92 Å². The fraction of sp³-hybridized carbons (Fsp3) is 0.300. The van der Waals surface area contributed by atoms with Gasteiger partial charge in [-0.25, -0.2) is 0 Å². The van der Waals surface area contributed by atoms with Gasteiger partial charge in [0.1, 0.15) is 0 Å². The third kappa shape index (κ3) is 2.80. The van der Waals surface area contributed by atoms with Crippen LogP contribution < -0.4 is 0 Å². The van der Waals surface area contributed by atoms with Gasteiger partial charge in [0.2, 0.25) is 11.6 Å². The molecule has 0 bridgehead atoms. The molecule has 0 aromatic carbocycles. The van der Waals surface area contributed by atoms with Crippen molar-refractivity contribution < 1.29 is 32.0 Å². The Bertz CT molecular complexity index is 445. The van der Waals surface area contributed by atoms with Crippen LogP contribution in [0.5, 0.6) is 0 Å². The summed E-state index contributed by atoms with van der Waals surface area (Å²) in [5.41, 5.74) is 0. The van der Waals surface area contributed by atoms with Gasteiger partial charge in [-0.15, -0.1) is 0 Å². The summed E-state index contributed by atoms with van der Waals surface area (Å²) in [5, 5.41) is 0. The zero-order valence-corrected chi connectivity index (χ0v) is 8.58. The topological polar surface area (TPSA) is 64.3 Å². The molecule has 0 aliphatic rings. The van der Waals surface area contributed by atoms with Gasteiger partial charge in [-0.1, -0.05) is 0 Å². The molecule has 0 spiro atoms. The zero-order chi connectivity index (χ0) is 13.2. The third-order valence-electron chi connectivity index (χ3n) is 2.03. The smallest absolute Gasteiger partial charge is 0.450 e. The highest BCUT2D eigenvalue weighted by Crippen LogP contribution is 2.22. The number of halogens is 3. The lowest BCUT2D eigenvalue weighted by molar-refractivity contribution is -0.175. The van der Waals surface area contributed by atoms with Crippen molar-refractivity contribution in [3.05, 3.63) is 24.2 Å². The van der Waals surface area contributed by atoms with Crippen molar-refractivity contribution in [3.8, 4) is 0 Å². The van der Waals surface area contributed by atoms with Crippen molar-refractivity contribution in [1.82, 2.24) is 0 Å². The van der Waals surface area contributed by atoms with Crippen molar-refractivity contribution in [2.75, 3.05) is 0 Å². The maximum absolute atomic E-state index is 12.0. The highest BCUT2D eigenvalue weighted by molar-refractivity contribution is 6.46. The monoisotopic (exact) mass is 248 g/mol. The van der Waals surface area contributed by atoms with E-state index in [9.17, 15) is 27.6 Å². The number of furan rings is 1. The molecule has 0 fully saturated rings. The van der Waals surface area contributed by atoms with Crippen molar-refractivity contribution >= 4 is 17.3 Å². The molecule has 0 N–H and O–H groups in total. The highest BCUT2D eigenvalue weighted by Gasteiger charge is 2.45. The van der Waals surface area contributed by atoms with E-state index >= 15 is 0 Å². The van der Waals surface area contributed by atoms with Crippen molar-refractivity contribution in [2.24, 2.45) is 5.92 Å². The highest BCUT2D eigenvalue weighted by atomic mass is 19.4. The molecular formula is C10H7F3O4. The van der Waals surface area contributed by atoms with E-state index < -0.39 is 35.2 Å². The van der Waals surface area contributed by atoms with E-state index in [1.54, 1.807) is 0 Å². The summed E-state index contributed by atoms with van der Waals surface area (Å²) < 4.78 is 40.7. The van der Waals surface area contributed by atoms with Crippen LogP contribution in [0.15, 0.2) is 22.8 Å². The van der Waals surface area contributed by atoms with E-state index in [0.717, 1.165) is 19.3 Å². The Morgan fingerprint density at radius 1 is 1.29 bits per heavy atom. The molecule has 0 aliphatic heterocycles. The molecule has 92 valence electrons. The van der Waals surface area contributed by atoms with Gasteiger partial charge in [-0.3, -0.25) is 14.4 Å². The van der Waals surface area contributed by atoms with Crippen molar-refractivity contribution in [2.45, 2.75) is 13.1 Å². The van der Waals surface area contributed by atoms with Crippen LogP contribution >= 0.6 is 0 Å². The molecule has 0 radical (unpaired) electrons. The molecule has 7 heteroatoms. The van der Waals surface area contributed by atoms with Crippen LogP contribution in [-0.2, 0) is 9.59 Å². The minimum absolute atomic E-state index is 0.392. The number of hydrogen-bond donors (Lipinski definition) is 0. The summed E-state index contributed by atoms with van der Waals surface area (Å²) in [6.45, 7) is 0.735. The summed E-state index contributed by atoms with van der Waals surface area (Å²) >= 11 is 0. The van der Waals surface area contributed by atoms with Gasteiger partial charge in [-0.05, 0) is 19.1 Å². The fourth-order valence-electron chi connectivity index (χ4n) is 1.09. The predicted molar refractivity (Wildman–Crippen MR) is 48.3 cm³/mol. The van der Waals surface area contributed by atoms with Gasteiger partial charge in [0.25, 0.3) is 5.78 Å². The second kappa shape index (κ2) is 4.52. The van der Waals surface area contributed by atoms with Crippen LogP contribution in [-0.4, -0.2) is 23.5 Å². The van der Waals surface area contributed by atoms with Gasteiger partial charge in [-0.2, -0.15) is 13.2 Å². The first-order valence-corrected chi connectivity index (χ1v) is 4.48. The van der Waals surface area contributed by atoms with Gasteiger partial charge < -0.3 is 4.42 Å². The summed E-state index contributed by atoms with van der Waals surface area (Å²) in [7, 11) is 0. The zero-order valence-electron chi connectivity index (χ0n) is 8.58. The minimum Gasteiger partial charge on any atom is -0.461 e. The molecule has 1 aromatic rings. The summed E-state index contributed by atoms with van der Waals surface area (Å²) in [6.07, 6.45) is -4.05. The molecule has 0 amide bonds. The van der Waals surface area contributed by atoms with Gasteiger partial charge in [0.15, 0.2) is 5.76 Å². The van der Waals surface area contributed by atoms with Crippen LogP contribution in [0.1, 0.15) is 17.5 Å². The number of carbonyl (C=O) groups excluding carboxylic acids is 3. The molecule has 0 saturated heterocycles. The van der Waals surface area contributed by atoms with Crippen LogP contribution in [0.4, 0.5) is 13.2 Å². The van der Waals surface area contributed by atoms with E-state index in [0.29, 0.717) is 0 Å². The second-order valence-electron chi connectivity index (χ2n) is 3.25. The Balaban J connectivity index is 2.85. The first kappa shape index (κ1) is 13.1. The maximum atomic E-state index is 12.0. The average Bonchev–Trinajstić information content (AvgIpc) is 2.77. The number of ketones is 3. The van der Waals surface area contributed by atoms with Crippen LogP contribution in [0.3, 0.4) is 0 Å². The standard InChI is InChI=1S/C10H7F3O4/c1-5(9(16)10(11,12)13)7(14)8(15)6-3-2-4-17-6/h2-5H,1H3. The molecule has 0 saturated carbocycles. The van der Waals surface area contributed by atoms with Gasteiger partial charge >= 0.3 is 6.18 Å². The van der Waals surface area contributed by atoms with E-state index in [1.165, 1.54) is 6.07 Å². The molecule has 1 unspecified atom stereocenters. The molecule has 4 nitrogen and oxygen atoms in total. The molecule has 1 atom stereocenters. The minimum atomic E-state index is -5.14. The predicted octanol–water partition coefficient (Wildman–Crippen LogP) is 1.80. The Morgan fingerprint density at radius 3 is 2.29 bits per heavy atom. The van der Waals surface area contributed by atoms with E-state index in [1.807, 2.05) is 0 Å². The average molecular weight is 248 g/mol. The Labute approximate surface area is 93.4 Å². The van der Waals surface area contributed by atoms with E-state index in [2.05, 4.69) is 4.42 Å². The molecule has 1 heterocycles. The van der Waals surface area contributed by atoms with Crippen molar-refractivity contribution in [1.29, 1.82) is 0 Å². The normalized spacial score (nSPS) is 13.2. The third-order valence-corrected chi connectivity index (χ3v) is 2.03. The first-order chi connectivity index (χ1) is 7.75. The number of carbonyl (C=O) groups is 3. The molecular weight excluding hydrogens is 241 g/mol. The number of alkyl halides is 3. The lowest BCUT2D eigenvalue weighted by Crippen LogP contribution is -2.36. The summed E-state index contributed by atoms with van der Waals surface area (Å²) in [4.78, 5) is 33.4. The molecule has 1 aromatic heterocycles. The molecule has 17 heavy (non-hydrogen) atoms. The number of hydrogen-bond acceptors (Lipinski definition) is 4. The van der Waals surface area contributed by atoms with Gasteiger partial charge in [0, 0.05) is 0 Å². The summed E-state index contributed by atoms with van der Waals surface area (Å²) in [6, 6.07) is 2.43. The largest absolute Gasteiger partial charge is 0.461 e. The quantitative estimate of drug-likeness (QED) is 0.463. The lowest BCUT2D eigenvalue weighted by Gasteiger charge is -2.10. The summed E-state index contributed by atoms with van der Waals surface area (Å²) in [5.74, 6) is -7.39. The number of Topliss-reactive ketones (excluding diaryl/α,β-unsaturated/α-hetero) is 3. The van der Waals surface area contributed by atoms with E-state index in [-0.39, 0.29) is 0 Å². The SMILES string of the molecule is CC(C(=O)C(=O)c1ccco1)C(=O)C(F)(F)F. The maximum Gasteiger partial charge on any atom is 0.450 e. The Kier molecular flexibility index (Phi) is 3.50. The molecule has 1 rings (SSSR count). The second-order valence-corrected chi connectivity index (χ2v) is 3.25. The number of rotatable bonds is 4. The lowest BCUT2D eigenvalue weighted by atomic mass is 9.97. The molecule has 0 aliphatic carbocycles. The van der Waals surface area contributed by atoms with Gasteiger partial charge in [0.05, 0.1) is 12.2 Å². The van der Waals surface area contributed by atoms with Crippen LogP contribution in [0.2, 0.25) is 0 Å². The Hall–Kier alpha value is -1.92. The fourth-order valence-corrected chi connectivity index (χ4v) is 1.09. The first-order valence-electron chi connectivity index (χ1n) is 4.48. The van der Waals surface area contributed by atoms with Crippen LogP contribution in [0.25, 0.3) is 0 Å². The van der Waals surface area contributed by atoms with Crippen molar-refractivity contribution in [3.63, 3.8) is 0 Å². The Morgan fingerprint density at radius 2 is 1.88 bits per heavy atom.